The Balaban J connectivity index is 1.57. The highest BCUT2D eigenvalue weighted by Gasteiger charge is 2.46. The average molecular weight is 371 g/mol. The molecule has 1 atom stereocenters. The van der Waals surface area contributed by atoms with E-state index in [1.807, 2.05) is 12.1 Å². The Bertz CT molecular complexity index is 839. The lowest BCUT2D eigenvalue weighted by atomic mass is 9.87. The predicted octanol–water partition coefficient (Wildman–Crippen LogP) is 3.51. The molecule has 5 heteroatoms. The number of sulfonamides is 1. The van der Waals surface area contributed by atoms with Crippen molar-refractivity contribution in [3.05, 3.63) is 66.2 Å². The molecule has 2 fully saturated rings. The third-order valence-corrected chi connectivity index (χ3v) is 7.72. The zero-order valence-corrected chi connectivity index (χ0v) is 15.9. The van der Waals surface area contributed by atoms with Crippen molar-refractivity contribution in [1.29, 1.82) is 0 Å². The zero-order valence-electron chi connectivity index (χ0n) is 15.0. The normalized spacial score (nSPS) is 24.9. The molecule has 0 amide bonds. The average Bonchev–Trinajstić information content (AvgIpc) is 3.04. The van der Waals surface area contributed by atoms with Gasteiger partial charge in [0.1, 0.15) is 0 Å². The fourth-order valence-electron chi connectivity index (χ4n) is 4.52. The van der Waals surface area contributed by atoms with Crippen LogP contribution in [0.15, 0.2) is 65.6 Å². The van der Waals surface area contributed by atoms with Crippen molar-refractivity contribution in [2.45, 2.75) is 42.7 Å². The molecule has 2 aliphatic heterocycles. The van der Waals surface area contributed by atoms with Gasteiger partial charge in [0, 0.05) is 25.2 Å². The van der Waals surface area contributed by atoms with E-state index in [0.29, 0.717) is 18.0 Å². The molecule has 2 aliphatic rings. The Labute approximate surface area is 156 Å². The van der Waals surface area contributed by atoms with Gasteiger partial charge in [-0.25, -0.2) is 8.42 Å². The number of piperidine rings is 1. The lowest BCUT2D eigenvalue weighted by Gasteiger charge is -2.45. The lowest BCUT2D eigenvalue weighted by molar-refractivity contribution is 0.0679. The second-order valence-electron chi connectivity index (χ2n) is 7.49. The number of rotatable bonds is 4. The third-order valence-electron chi connectivity index (χ3n) is 5.86. The van der Waals surface area contributed by atoms with E-state index in [-0.39, 0.29) is 5.54 Å². The molecule has 2 aromatic rings. The summed E-state index contributed by atoms with van der Waals surface area (Å²) in [6, 6.07) is 19.4. The van der Waals surface area contributed by atoms with Crippen LogP contribution in [0.1, 0.15) is 31.2 Å². The third kappa shape index (κ3) is 3.31. The van der Waals surface area contributed by atoms with Crippen LogP contribution in [-0.4, -0.2) is 42.8 Å². The van der Waals surface area contributed by atoms with Crippen LogP contribution in [0.2, 0.25) is 0 Å². The second-order valence-corrected chi connectivity index (χ2v) is 9.43. The van der Waals surface area contributed by atoms with E-state index >= 15 is 0 Å². The minimum Gasteiger partial charge on any atom is -0.292 e. The first-order valence-electron chi connectivity index (χ1n) is 9.44. The summed E-state index contributed by atoms with van der Waals surface area (Å²) in [5.41, 5.74) is 1.28. The first-order valence-corrected chi connectivity index (χ1v) is 10.9. The molecule has 2 aromatic carbocycles. The standard InChI is InChI=1S/C21H26N2O2S/c24-26(25,20-11-5-2-6-12-20)23-16-8-14-21(18-23)13-7-15-22(21)17-19-9-3-1-4-10-19/h1-6,9-12H,7-8,13-18H2. The molecule has 2 saturated heterocycles. The molecule has 0 aliphatic carbocycles. The van der Waals surface area contributed by atoms with Gasteiger partial charge in [-0.15, -0.1) is 0 Å². The van der Waals surface area contributed by atoms with Gasteiger partial charge in [0.15, 0.2) is 0 Å². The summed E-state index contributed by atoms with van der Waals surface area (Å²) >= 11 is 0. The summed E-state index contributed by atoms with van der Waals surface area (Å²) in [7, 11) is -3.42. The molecule has 0 saturated carbocycles. The van der Waals surface area contributed by atoms with Gasteiger partial charge in [0.25, 0.3) is 0 Å². The second kappa shape index (κ2) is 7.14. The van der Waals surface area contributed by atoms with Crippen LogP contribution in [0.3, 0.4) is 0 Å². The maximum Gasteiger partial charge on any atom is 0.243 e. The van der Waals surface area contributed by atoms with Gasteiger partial charge in [-0.3, -0.25) is 4.90 Å². The summed E-state index contributed by atoms with van der Waals surface area (Å²) < 4.78 is 27.9. The number of hydrogen-bond acceptors (Lipinski definition) is 3. The molecule has 0 radical (unpaired) electrons. The van der Waals surface area contributed by atoms with E-state index in [1.54, 1.807) is 28.6 Å². The van der Waals surface area contributed by atoms with Crippen LogP contribution in [-0.2, 0) is 16.6 Å². The fraction of sp³-hybridized carbons (Fsp3) is 0.429. The van der Waals surface area contributed by atoms with E-state index in [0.717, 1.165) is 38.8 Å². The highest BCUT2D eigenvalue weighted by Crippen LogP contribution is 2.39. The van der Waals surface area contributed by atoms with Gasteiger partial charge in [0.05, 0.1) is 4.90 Å². The molecule has 0 bridgehead atoms. The SMILES string of the molecule is O=S(=O)(c1ccccc1)N1CCCC2(CCCN2Cc2ccccc2)C1. The van der Waals surface area contributed by atoms with E-state index < -0.39 is 10.0 Å². The Morgan fingerprint density at radius 1 is 0.846 bits per heavy atom. The molecule has 1 unspecified atom stereocenters. The van der Waals surface area contributed by atoms with Crippen molar-refractivity contribution < 1.29 is 8.42 Å². The Hall–Kier alpha value is -1.69. The minimum absolute atomic E-state index is 0.0179. The minimum atomic E-state index is -3.42. The Morgan fingerprint density at radius 3 is 2.15 bits per heavy atom. The van der Waals surface area contributed by atoms with Gasteiger partial charge in [-0.2, -0.15) is 4.31 Å². The zero-order chi connectivity index (χ0) is 18.0. The lowest BCUT2D eigenvalue weighted by Crippen LogP contribution is -2.56. The smallest absolute Gasteiger partial charge is 0.243 e. The van der Waals surface area contributed by atoms with Gasteiger partial charge in [0.2, 0.25) is 10.0 Å². The molecular formula is C21H26N2O2S. The first-order chi connectivity index (χ1) is 12.6. The van der Waals surface area contributed by atoms with Crippen molar-refractivity contribution in [3.63, 3.8) is 0 Å². The van der Waals surface area contributed by atoms with Crippen LogP contribution >= 0.6 is 0 Å². The molecule has 4 nitrogen and oxygen atoms in total. The molecule has 0 aromatic heterocycles. The molecular weight excluding hydrogens is 344 g/mol. The maximum atomic E-state index is 13.1. The number of benzene rings is 2. The summed E-state index contributed by atoms with van der Waals surface area (Å²) in [4.78, 5) is 2.93. The molecule has 4 rings (SSSR count). The van der Waals surface area contributed by atoms with Gasteiger partial charge in [-0.1, -0.05) is 48.5 Å². The Kier molecular flexibility index (Phi) is 4.86. The monoisotopic (exact) mass is 370 g/mol. The largest absolute Gasteiger partial charge is 0.292 e. The van der Waals surface area contributed by atoms with Crippen LogP contribution in [0, 0.1) is 0 Å². The molecule has 0 N–H and O–H groups in total. The number of likely N-dealkylation sites (tertiary alicyclic amines) is 1. The summed E-state index contributed by atoms with van der Waals surface area (Å²) in [6.07, 6.45) is 4.24. The molecule has 1 spiro atoms. The van der Waals surface area contributed by atoms with Crippen molar-refractivity contribution in [2.75, 3.05) is 19.6 Å². The van der Waals surface area contributed by atoms with Crippen LogP contribution in [0.5, 0.6) is 0 Å². The highest BCUT2D eigenvalue weighted by molar-refractivity contribution is 7.89. The van der Waals surface area contributed by atoms with Crippen LogP contribution in [0.25, 0.3) is 0 Å². The quantitative estimate of drug-likeness (QED) is 0.827. The van der Waals surface area contributed by atoms with Gasteiger partial charge >= 0.3 is 0 Å². The molecule has 26 heavy (non-hydrogen) atoms. The van der Waals surface area contributed by atoms with Crippen molar-refractivity contribution in [2.24, 2.45) is 0 Å². The maximum absolute atomic E-state index is 13.1. The highest BCUT2D eigenvalue weighted by atomic mass is 32.2. The Morgan fingerprint density at radius 2 is 1.46 bits per heavy atom. The van der Waals surface area contributed by atoms with Crippen molar-refractivity contribution in [1.82, 2.24) is 9.21 Å². The van der Waals surface area contributed by atoms with E-state index in [1.165, 1.54) is 5.56 Å². The summed E-state index contributed by atoms with van der Waals surface area (Å²) in [6.45, 7) is 3.18. The first kappa shape index (κ1) is 17.7. The van der Waals surface area contributed by atoms with Crippen LogP contribution < -0.4 is 0 Å². The van der Waals surface area contributed by atoms with Crippen molar-refractivity contribution in [3.8, 4) is 0 Å². The fourth-order valence-corrected chi connectivity index (χ4v) is 6.10. The van der Waals surface area contributed by atoms with Gasteiger partial charge < -0.3 is 0 Å². The van der Waals surface area contributed by atoms with Gasteiger partial charge in [-0.05, 0) is 49.9 Å². The van der Waals surface area contributed by atoms with E-state index in [2.05, 4.69) is 29.2 Å². The summed E-state index contributed by atoms with van der Waals surface area (Å²) in [5, 5.41) is 0. The van der Waals surface area contributed by atoms with E-state index in [4.69, 9.17) is 0 Å². The molecule has 138 valence electrons. The molecule has 2 heterocycles. The topological polar surface area (TPSA) is 40.6 Å². The van der Waals surface area contributed by atoms with Crippen LogP contribution in [0.4, 0.5) is 0 Å². The summed E-state index contributed by atoms with van der Waals surface area (Å²) in [5.74, 6) is 0. The van der Waals surface area contributed by atoms with E-state index in [9.17, 15) is 8.42 Å². The number of nitrogens with zero attached hydrogens (tertiary/aromatic N) is 2. The predicted molar refractivity (Wildman–Crippen MR) is 103 cm³/mol. The number of hydrogen-bond donors (Lipinski definition) is 0. The van der Waals surface area contributed by atoms with Crippen molar-refractivity contribution >= 4 is 10.0 Å².